The van der Waals surface area contributed by atoms with Gasteiger partial charge in [0.2, 0.25) is 0 Å². The Labute approximate surface area is 160 Å². The maximum Gasteiger partial charge on any atom is 0.253 e. The molecular weight excluding hydrogens is 365 g/mol. The fraction of sp³-hybridized carbons (Fsp3) is 0.286. The summed E-state index contributed by atoms with van der Waals surface area (Å²) in [5, 5.41) is 7.16. The quantitative estimate of drug-likeness (QED) is 0.623. The highest BCUT2D eigenvalue weighted by molar-refractivity contribution is 7.10. The standard InChI is InChI=1S/C21H20FNOS2/c1-13-4-9-16-17(12-26-19(16)11-13)21(24)23-20(18-3-2-10-25-18)14-5-7-15(22)8-6-14/h2-3,5-8,10,12-13,20H,4,9,11H2,1H3,(H,23,24). The second-order valence-corrected chi connectivity index (χ2v) is 8.82. The van der Waals surface area contributed by atoms with Crippen LogP contribution in [0.15, 0.2) is 47.2 Å². The predicted molar refractivity (Wildman–Crippen MR) is 106 cm³/mol. The summed E-state index contributed by atoms with van der Waals surface area (Å²) in [4.78, 5) is 15.4. The lowest BCUT2D eigenvalue weighted by Crippen LogP contribution is -2.29. The molecule has 0 saturated heterocycles. The molecule has 0 saturated carbocycles. The fourth-order valence-corrected chi connectivity index (χ4v) is 5.55. The zero-order valence-electron chi connectivity index (χ0n) is 14.5. The lowest BCUT2D eigenvalue weighted by Gasteiger charge is -2.21. The van der Waals surface area contributed by atoms with E-state index in [1.807, 2.05) is 22.9 Å². The summed E-state index contributed by atoms with van der Waals surface area (Å²) in [6.45, 7) is 2.27. The average molecular weight is 386 g/mol. The van der Waals surface area contributed by atoms with Crippen LogP contribution in [0.3, 0.4) is 0 Å². The first-order chi connectivity index (χ1) is 12.6. The Morgan fingerprint density at radius 2 is 2.04 bits per heavy atom. The van der Waals surface area contributed by atoms with Crippen LogP contribution in [0.1, 0.15) is 50.6 Å². The maximum absolute atomic E-state index is 13.3. The van der Waals surface area contributed by atoms with E-state index in [9.17, 15) is 9.18 Å². The summed E-state index contributed by atoms with van der Waals surface area (Å²) in [5.41, 5.74) is 2.91. The smallest absolute Gasteiger partial charge is 0.253 e. The van der Waals surface area contributed by atoms with Gasteiger partial charge in [0.15, 0.2) is 0 Å². The average Bonchev–Trinajstić information content (AvgIpc) is 3.30. The number of hydrogen-bond acceptors (Lipinski definition) is 3. The van der Waals surface area contributed by atoms with E-state index in [1.54, 1.807) is 34.8 Å². The molecule has 26 heavy (non-hydrogen) atoms. The Bertz CT molecular complexity index is 899. The number of nitrogens with one attached hydrogen (secondary N) is 1. The second-order valence-electron chi connectivity index (χ2n) is 6.87. The van der Waals surface area contributed by atoms with Crippen molar-refractivity contribution in [3.63, 3.8) is 0 Å². The Hall–Kier alpha value is -1.98. The van der Waals surface area contributed by atoms with Crippen LogP contribution in [0, 0.1) is 11.7 Å². The molecule has 1 amide bonds. The van der Waals surface area contributed by atoms with Gasteiger partial charge in [-0.3, -0.25) is 4.79 Å². The van der Waals surface area contributed by atoms with E-state index in [0.29, 0.717) is 5.92 Å². The highest BCUT2D eigenvalue weighted by Crippen LogP contribution is 2.34. The van der Waals surface area contributed by atoms with Gasteiger partial charge in [-0.2, -0.15) is 0 Å². The molecule has 2 atom stereocenters. The van der Waals surface area contributed by atoms with Crippen molar-refractivity contribution in [3.05, 3.63) is 79.4 Å². The molecule has 2 aromatic heterocycles. The number of amides is 1. The molecule has 2 heterocycles. The zero-order chi connectivity index (χ0) is 18.1. The molecule has 0 aliphatic heterocycles. The van der Waals surface area contributed by atoms with Gasteiger partial charge in [-0.05, 0) is 59.9 Å². The van der Waals surface area contributed by atoms with E-state index < -0.39 is 0 Å². The summed E-state index contributed by atoms with van der Waals surface area (Å²) in [7, 11) is 0. The van der Waals surface area contributed by atoms with Crippen LogP contribution >= 0.6 is 22.7 Å². The number of rotatable bonds is 4. The molecule has 0 fully saturated rings. The van der Waals surface area contributed by atoms with E-state index in [0.717, 1.165) is 35.3 Å². The fourth-order valence-electron chi connectivity index (χ4n) is 3.51. The van der Waals surface area contributed by atoms with Crippen molar-refractivity contribution >= 4 is 28.6 Å². The van der Waals surface area contributed by atoms with Gasteiger partial charge in [0.1, 0.15) is 5.82 Å². The van der Waals surface area contributed by atoms with Crippen molar-refractivity contribution in [2.45, 2.75) is 32.2 Å². The minimum atomic E-state index is -0.272. The lowest BCUT2D eigenvalue weighted by molar-refractivity contribution is 0.0942. The molecule has 1 aromatic carbocycles. The third-order valence-electron chi connectivity index (χ3n) is 4.95. The predicted octanol–water partition coefficient (Wildman–Crippen LogP) is 5.59. The molecule has 2 unspecified atom stereocenters. The zero-order valence-corrected chi connectivity index (χ0v) is 16.1. The third kappa shape index (κ3) is 3.46. The van der Waals surface area contributed by atoms with Crippen LogP contribution in [0.5, 0.6) is 0 Å². The van der Waals surface area contributed by atoms with Crippen molar-refractivity contribution in [1.29, 1.82) is 0 Å². The normalized spacial score (nSPS) is 17.5. The summed E-state index contributed by atoms with van der Waals surface area (Å²) in [6, 6.07) is 10.1. The monoisotopic (exact) mass is 385 g/mol. The minimum Gasteiger partial charge on any atom is -0.340 e. The van der Waals surface area contributed by atoms with Crippen molar-refractivity contribution in [3.8, 4) is 0 Å². The Kier molecular flexibility index (Phi) is 4.92. The molecule has 4 rings (SSSR count). The van der Waals surface area contributed by atoms with Crippen LogP contribution < -0.4 is 5.32 Å². The summed E-state index contributed by atoms with van der Waals surface area (Å²) >= 11 is 3.29. The second kappa shape index (κ2) is 7.33. The van der Waals surface area contributed by atoms with Crippen molar-refractivity contribution in [2.75, 3.05) is 0 Å². The molecular formula is C21H20FNOS2. The number of fused-ring (bicyclic) bond motifs is 1. The number of carbonyl (C=O) groups is 1. The largest absolute Gasteiger partial charge is 0.340 e. The van der Waals surface area contributed by atoms with Gasteiger partial charge in [0.25, 0.3) is 5.91 Å². The van der Waals surface area contributed by atoms with Gasteiger partial charge in [0, 0.05) is 15.1 Å². The summed E-state index contributed by atoms with van der Waals surface area (Å²) in [6.07, 6.45) is 3.18. The number of benzene rings is 1. The first-order valence-electron chi connectivity index (χ1n) is 8.81. The van der Waals surface area contributed by atoms with Crippen LogP contribution in [0.4, 0.5) is 4.39 Å². The SMILES string of the molecule is CC1CCc2c(C(=O)NC(c3ccc(F)cc3)c3cccs3)csc2C1. The lowest BCUT2D eigenvalue weighted by atomic mass is 9.88. The number of carbonyl (C=O) groups excluding carboxylic acids is 1. The summed E-state index contributed by atoms with van der Waals surface area (Å²) < 4.78 is 13.3. The minimum absolute atomic E-state index is 0.0419. The van der Waals surface area contributed by atoms with Gasteiger partial charge in [0.05, 0.1) is 11.6 Å². The van der Waals surface area contributed by atoms with Crippen LogP contribution in [0.25, 0.3) is 0 Å². The third-order valence-corrected chi connectivity index (χ3v) is 6.94. The van der Waals surface area contributed by atoms with E-state index in [4.69, 9.17) is 0 Å². The van der Waals surface area contributed by atoms with E-state index in [1.165, 1.54) is 22.6 Å². The van der Waals surface area contributed by atoms with Gasteiger partial charge < -0.3 is 5.32 Å². The first-order valence-corrected chi connectivity index (χ1v) is 10.6. The van der Waals surface area contributed by atoms with E-state index >= 15 is 0 Å². The van der Waals surface area contributed by atoms with Crippen LogP contribution in [0.2, 0.25) is 0 Å². The Morgan fingerprint density at radius 1 is 1.23 bits per heavy atom. The van der Waals surface area contributed by atoms with Gasteiger partial charge in [-0.1, -0.05) is 25.1 Å². The summed E-state index contributed by atoms with van der Waals surface area (Å²) in [5.74, 6) is 0.376. The molecule has 0 bridgehead atoms. The molecule has 2 nitrogen and oxygen atoms in total. The maximum atomic E-state index is 13.3. The molecule has 1 aliphatic carbocycles. The Balaban J connectivity index is 1.62. The van der Waals surface area contributed by atoms with Crippen LogP contribution in [-0.2, 0) is 12.8 Å². The van der Waals surface area contributed by atoms with Crippen molar-refractivity contribution in [1.82, 2.24) is 5.32 Å². The number of thiophene rings is 2. The molecule has 0 spiro atoms. The molecule has 134 valence electrons. The topological polar surface area (TPSA) is 29.1 Å². The van der Waals surface area contributed by atoms with Gasteiger partial charge in [-0.15, -0.1) is 22.7 Å². The van der Waals surface area contributed by atoms with E-state index in [2.05, 4.69) is 12.2 Å². The highest BCUT2D eigenvalue weighted by atomic mass is 32.1. The molecule has 0 radical (unpaired) electrons. The van der Waals surface area contributed by atoms with E-state index in [-0.39, 0.29) is 17.8 Å². The first kappa shape index (κ1) is 17.4. The molecule has 1 aliphatic rings. The molecule has 5 heteroatoms. The number of halogens is 1. The Morgan fingerprint density at radius 3 is 2.77 bits per heavy atom. The van der Waals surface area contributed by atoms with Gasteiger partial charge >= 0.3 is 0 Å². The molecule has 1 N–H and O–H groups in total. The van der Waals surface area contributed by atoms with Crippen molar-refractivity contribution in [2.24, 2.45) is 5.92 Å². The number of hydrogen-bond donors (Lipinski definition) is 1. The van der Waals surface area contributed by atoms with Crippen molar-refractivity contribution < 1.29 is 9.18 Å². The molecule has 3 aromatic rings. The highest BCUT2D eigenvalue weighted by Gasteiger charge is 2.25. The van der Waals surface area contributed by atoms with Crippen LogP contribution in [-0.4, -0.2) is 5.91 Å². The van der Waals surface area contributed by atoms with Gasteiger partial charge in [-0.25, -0.2) is 4.39 Å².